The Morgan fingerprint density at radius 3 is 2.69 bits per heavy atom. The molecule has 0 atom stereocenters. The summed E-state index contributed by atoms with van der Waals surface area (Å²) in [5.41, 5.74) is 2.27. The molecule has 0 aliphatic heterocycles. The van der Waals surface area contributed by atoms with E-state index in [2.05, 4.69) is 4.74 Å². The van der Waals surface area contributed by atoms with Crippen LogP contribution in [0.3, 0.4) is 0 Å². The van der Waals surface area contributed by atoms with Crippen LogP contribution in [0.2, 0.25) is 0 Å². The van der Waals surface area contributed by atoms with Crippen molar-refractivity contribution in [3.8, 4) is 5.75 Å². The number of rotatable bonds is 5. The third kappa shape index (κ3) is 3.26. The van der Waals surface area contributed by atoms with Gasteiger partial charge in [0.15, 0.2) is 0 Å². The first-order valence-corrected chi connectivity index (χ1v) is 5.38. The summed E-state index contributed by atoms with van der Waals surface area (Å²) < 4.78 is 9.94. The van der Waals surface area contributed by atoms with Gasteiger partial charge in [-0.1, -0.05) is 18.2 Å². The van der Waals surface area contributed by atoms with Gasteiger partial charge in [-0.3, -0.25) is 4.79 Å². The molecule has 0 N–H and O–H groups in total. The number of ether oxygens (including phenoxy) is 2. The van der Waals surface area contributed by atoms with E-state index in [9.17, 15) is 4.79 Å². The van der Waals surface area contributed by atoms with E-state index in [-0.39, 0.29) is 5.97 Å². The summed E-state index contributed by atoms with van der Waals surface area (Å²) in [7, 11) is 3.09. The highest BCUT2D eigenvalue weighted by atomic mass is 16.5. The zero-order valence-electron chi connectivity index (χ0n) is 10.1. The summed E-state index contributed by atoms with van der Waals surface area (Å²) in [5.74, 6) is 0.763. The van der Waals surface area contributed by atoms with Gasteiger partial charge in [0.1, 0.15) is 5.75 Å². The first kappa shape index (κ1) is 12.6. The van der Waals surface area contributed by atoms with Crippen molar-refractivity contribution in [3.05, 3.63) is 29.3 Å². The average molecular weight is 222 g/mol. The standard InChI is InChI=1S/C13H18O3/c1-10-6-4-7-11(13(10)16-3)8-5-9-12(14)15-2/h4,6-7H,5,8-9H2,1-3H3. The number of benzene rings is 1. The van der Waals surface area contributed by atoms with Crippen molar-refractivity contribution in [2.45, 2.75) is 26.2 Å². The van der Waals surface area contributed by atoms with Crippen LogP contribution in [0.1, 0.15) is 24.0 Å². The van der Waals surface area contributed by atoms with Gasteiger partial charge >= 0.3 is 5.97 Å². The van der Waals surface area contributed by atoms with E-state index in [0.29, 0.717) is 6.42 Å². The molecule has 0 saturated carbocycles. The molecule has 0 aliphatic carbocycles. The van der Waals surface area contributed by atoms with Crippen LogP contribution < -0.4 is 4.74 Å². The summed E-state index contributed by atoms with van der Waals surface area (Å²) in [5, 5.41) is 0. The SMILES string of the molecule is COC(=O)CCCc1cccc(C)c1OC. The summed E-state index contributed by atoms with van der Waals surface area (Å²) in [6.07, 6.45) is 2.07. The molecule has 0 unspecified atom stereocenters. The molecule has 0 spiro atoms. The molecule has 1 rings (SSSR count). The monoisotopic (exact) mass is 222 g/mol. The van der Waals surface area contributed by atoms with E-state index < -0.39 is 0 Å². The molecule has 3 heteroatoms. The minimum atomic E-state index is -0.161. The fourth-order valence-corrected chi connectivity index (χ4v) is 1.73. The molecule has 16 heavy (non-hydrogen) atoms. The van der Waals surface area contributed by atoms with Crippen LogP contribution in [0.25, 0.3) is 0 Å². The molecule has 0 heterocycles. The highest BCUT2D eigenvalue weighted by molar-refractivity contribution is 5.69. The number of hydrogen-bond acceptors (Lipinski definition) is 3. The fourth-order valence-electron chi connectivity index (χ4n) is 1.73. The van der Waals surface area contributed by atoms with Gasteiger partial charge in [0.25, 0.3) is 0 Å². The largest absolute Gasteiger partial charge is 0.496 e. The van der Waals surface area contributed by atoms with E-state index in [1.54, 1.807) is 7.11 Å². The maximum absolute atomic E-state index is 11.0. The van der Waals surface area contributed by atoms with Crippen LogP contribution in [0.4, 0.5) is 0 Å². The van der Waals surface area contributed by atoms with E-state index in [0.717, 1.165) is 29.7 Å². The van der Waals surface area contributed by atoms with E-state index in [4.69, 9.17) is 4.74 Å². The topological polar surface area (TPSA) is 35.5 Å². The molecular weight excluding hydrogens is 204 g/mol. The molecule has 0 amide bonds. The Balaban J connectivity index is 2.60. The lowest BCUT2D eigenvalue weighted by Gasteiger charge is -2.10. The van der Waals surface area contributed by atoms with Crippen molar-refractivity contribution in [1.82, 2.24) is 0 Å². The minimum Gasteiger partial charge on any atom is -0.496 e. The smallest absolute Gasteiger partial charge is 0.305 e. The van der Waals surface area contributed by atoms with E-state index >= 15 is 0 Å². The Bertz CT molecular complexity index is 358. The molecule has 0 saturated heterocycles. The molecule has 0 aliphatic rings. The van der Waals surface area contributed by atoms with Crippen LogP contribution in [-0.4, -0.2) is 20.2 Å². The van der Waals surface area contributed by atoms with Crippen molar-refractivity contribution in [2.24, 2.45) is 0 Å². The lowest BCUT2D eigenvalue weighted by atomic mass is 10.0. The number of para-hydroxylation sites is 1. The van der Waals surface area contributed by atoms with Gasteiger partial charge in [0.2, 0.25) is 0 Å². The van der Waals surface area contributed by atoms with Gasteiger partial charge in [-0.25, -0.2) is 0 Å². The number of carbonyl (C=O) groups excluding carboxylic acids is 1. The molecule has 88 valence electrons. The summed E-state index contributed by atoms with van der Waals surface area (Å²) in [6, 6.07) is 6.05. The van der Waals surface area contributed by atoms with Gasteiger partial charge < -0.3 is 9.47 Å². The number of carbonyl (C=O) groups is 1. The third-order valence-corrected chi connectivity index (χ3v) is 2.55. The molecule has 1 aromatic rings. The van der Waals surface area contributed by atoms with E-state index in [1.807, 2.05) is 25.1 Å². The zero-order chi connectivity index (χ0) is 12.0. The molecule has 1 aromatic carbocycles. The van der Waals surface area contributed by atoms with Crippen molar-refractivity contribution in [2.75, 3.05) is 14.2 Å². The Kier molecular flexibility index (Phi) is 4.83. The molecule has 0 aromatic heterocycles. The fraction of sp³-hybridized carbons (Fsp3) is 0.462. The number of methoxy groups -OCH3 is 2. The van der Waals surface area contributed by atoms with Crippen LogP contribution in [0.15, 0.2) is 18.2 Å². The maximum Gasteiger partial charge on any atom is 0.305 e. The van der Waals surface area contributed by atoms with Crippen LogP contribution >= 0.6 is 0 Å². The summed E-state index contributed by atoms with van der Waals surface area (Å²) in [4.78, 5) is 11.0. The van der Waals surface area contributed by atoms with Crippen molar-refractivity contribution in [3.63, 3.8) is 0 Å². The highest BCUT2D eigenvalue weighted by Crippen LogP contribution is 2.24. The number of aryl methyl sites for hydroxylation is 2. The van der Waals surface area contributed by atoms with Gasteiger partial charge in [-0.05, 0) is 30.9 Å². The third-order valence-electron chi connectivity index (χ3n) is 2.55. The Morgan fingerprint density at radius 2 is 2.06 bits per heavy atom. The van der Waals surface area contributed by atoms with Gasteiger partial charge in [-0.2, -0.15) is 0 Å². The Hall–Kier alpha value is -1.51. The van der Waals surface area contributed by atoms with Crippen molar-refractivity contribution >= 4 is 5.97 Å². The second-order valence-electron chi connectivity index (χ2n) is 3.70. The lowest BCUT2D eigenvalue weighted by Crippen LogP contribution is -2.01. The summed E-state index contributed by atoms with van der Waals surface area (Å²) in [6.45, 7) is 2.02. The van der Waals surface area contributed by atoms with Crippen LogP contribution in [-0.2, 0) is 16.0 Å². The Morgan fingerprint density at radius 1 is 1.31 bits per heavy atom. The van der Waals surface area contributed by atoms with Gasteiger partial charge in [0, 0.05) is 6.42 Å². The van der Waals surface area contributed by atoms with Crippen molar-refractivity contribution in [1.29, 1.82) is 0 Å². The number of hydrogen-bond donors (Lipinski definition) is 0. The van der Waals surface area contributed by atoms with Crippen LogP contribution in [0, 0.1) is 6.92 Å². The zero-order valence-corrected chi connectivity index (χ0v) is 10.1. The van der Waals surface area contributed by atoms with Crippen LogP contribution in [0.5, 0.6) is 5.75 Å². The average Bonchev–Trinajstić information content (AvgIpc) is 2.29. The molecule has 0 bridgehead atoms. The second kappa shape index (κ2) is 6.16. The quantitative estimate of drug-likeness (QED) is 0.718. The van der Waals surface area contributed by atoms with Gasteiger partial charge in [0.05, 0.1) is 14.2 Å². The minimum absolute atomic E-state index is 0.161. The first-order chi connectivity index (χ1) is 7.69. The molecule has 3 nitrogen and oxygen atoms in total. The van der Waals surface area contributed by atoms with E-state index in [1.165, 1.54) is 7.11 Å². The van der Waals surface area contributed by atoms with Crippen molar-refractivity contribution < 1.29 is 14.3 Å². The first-order valence-electron chi connectivity index (χ1n) is 5.38. The normalized spacial score (nSPS) is 9.94. The predicted octanol–water partition coefficient (Wildman–Crippen LogP) is 2.50. The van der Waals surface area contributed by atoms with Gasteiger partial charge in [-0.15, -0.1) is 0 Å². The highest BCUT2D eigenvalue weighted by Gasteiger charge is 2.06. The Labute approximate surface area is 96.4 Å². The summed E-state index contributed by atoms with van der Waals surface area (Å²) >= 11 is 0. The molecule has 0 radical (unpaired) electrons. The number of esters is 1. The molecule has 0 fully saturated rings. The second-order valence-corrected chi connectivity index (χ2v) is 3.70. The maximum atomic E-state index is 11.0. The lowest BCUT2D eigenvalue weighted by molar-refractivity contribution is -0.140. The molecular formula is C13H18O3. The predicted molar refractivity (Wildman–Crippen MR) is 62.7 cm³/mol.